The van der Waals surface area contributed by atoms with Gasteiger partial charge in [-0.3, -0.25) is 4.79 Å². The van der Waals surface area contributed by atoms with Gasteiger partial charge in [0.2, 0.25) is 0 Å². The molecule has 0 fully saturated rings. The quantitative estimate of drug-likeness (QED) is 0.352. The lowest BCUT2D eigenvalue weighted by Gasteiger charge is -2.28. The van der Waals surface area contributed by atoms with Crippen LogP contribution in [0.3, 0.4) is 0 Å². The van der Waals surface area contributed by atoms with Crippen LogP contribution >= 0.6 is 23.2 Å². The number of methoxy groups -OCH3 is 1. The lowest BCUT2D eigenvalue weighted by molar-refractivity contribution is -0.136. The summed E-state index contributed by atoms with van der Waals surface area (Å²) in [6.45, 7) is 1.53. The first-order valence-electron chi connectivity index (χ1n) is 11.0. The molecule has 0 amide bonds. The summed E-state index contributed by atoms with van der Waals surface area (Å²) in [5.41, 5.74) is 3.71. The molecule has 1 aliphatic rings. The van der Waals surface area contributed by atoms with Gasteiger partial charge in [0.25, 0.3) is 0 Å². The predicted molar refractivity (Wildman–Crippen MR) is 140 cm³/mol. The van der Waals surface area contributed by atoms with Crippen molar-refractivity contribution in [3.63, 3.8) is 0 Å². The summed E-state index contributed by atoms with van der Waals surface area (Å²) in [5, 5.41) is 16.4. The van der Waals surface area contributed by atoms with E-state index in [0.717, 1.165) is 34.5 Å². The van der Waals surface area contributed by atoms with E-state index in [1.807, 2.05) is 36.4 Å². The van der Waals surface area contributed by atoms with E-state index in [-0.39, 0.29) is 6.42 Å². The largest absolute Gasteiger partial charge is 0.497 e. The number of hydrogen-bond acceptors (Lipinski definition) is 4. The molecule has 3 aromatic carbocycles. The van der Waals surface area contributed by atoms with E-state index >= 15 is 0 Å². The Bertz CT molecular complexity index is 1270. The molecule has 0 aliphatic carbocycles. The van der Waals surface area contributed by atoms with Crippen molar-refractivity contribution in [1.29, 1.82) is 0 Å². The van der Waals surface area contributed by atoms with Crippen LogP contribution in [0.1, 0.15) is 30.4 Å². The highest BCUT2D eigenvalue weighted by Gasteiger charge is 2.20. The Kier molecular flexibility index (Phi) is 9.44. The summed E-state index contributed by atoms with van der Waals surface area (Å²) >= 11 is 12.2. The molecule has 188 valence electrons. The first-order valence-corrected chi connectivity index (χ1v) is 11.7. The first-order chi connectivity index (χ1) is 17.2. The Morgan fingerprint density at radius 2 is 1.81 bits per heavy atom. The van der Waals surface area contributed by atoms with Gasteiger partial charge in [0.1, 0.15) is 5.75 Å². The SMILES string of the molecule is COc1ccc(N2N=C(CCC(=O)O)CC=C2c2ccc(Cl)c(Cl)c2)cc1.Cc1cccc(F)c1F. The number of carbonyl (C=O) groups is 1. The highest BCUT2D eigenvalue weighted by Crippen LogP contribution is 2.34. The Balaban J connectivity index is 0.000000338. The Hall–Kier alpha value is -3.42. The highest BCUT2D eigenvalue weighted by molar-refractivity contribution is 6.42. The van der Waals surface area contributed by atoms with E-state index in [4.69, 9.17) is 38.1 Å². The number of allylic oxidation sites excluding steroid dienone is 1. The number of carboxylic acids is 1. The van der Waals surface area contributed by atoms with Gasteiger partial charge in [-0.05, 0) is 61.4 Å². The zero-order valence-electron chi connectivity index (χ0n) is 19.6. The number of hydrogen-bond donors (Lipinski definition) is 1. The standard InChI is InChI=1S/C20H18Cl2N2O3.C7H6F2/c1-27-16-7-5-15(6-8-16)24-19(13-2-9-17(21)18(22)12-13)10-3-14(23-24)4-11-20(25)26;1-5-3-2-4-6(8)7(5)9/h2,5-10,12H,3-4,11H2,1H3,(H,25,26);2-4H,1H3. The number of halogens is 4. The van der Waals surface area contributed by atoms with Gasteiger partial charge in [0.15, 0.2) is 11.6 Å². The third-order valence-electron chi connectivity index (χ3n) is 5.31. The predicted octanol–water partition coefficient (Wildman–Crippen LogP) is 7.75. The molecule has 3 aromatic rings. The number of rotatable bonds is 6. The zero-order valence-corrected chi connectivity index (χ0v) is 21.2. The van der Waals surface area contributed by atoms with Gasteiger partial charge >= 0.3 is 5.97 Å². The molecule has 0 aromatic heterocycles. The topological polar surface area (TPSA) is 62.1 Å². The second kappa shape index (κ2) is 12.5. The summed E-state index contributed by atoms with van der Waals surface area (Å²) in [4.78, 5) is 10.9. The van der Waals surface area contributed by atoms with Crippen LogP contribution in [0.5, 0.6) is 5.75 Å². The summed E-state index contributed by atoms with van der Waals surface area (Å²) in [6.07, 6.45) is 3.04. The molecule has 1 aliphatic heterocycles. The fourth-order valence-electron chi connectivity index (χ4n) is 3.37. The number of aliphatic carboxylic acids is 1. The van der Waals surface area contributed by atoms with E-state index in [9.17, 15) is 13.6 Å². The van der Waals surface area contributed by atoms with Crippen LogP contribution in [0.4, 0.5) is 14.5 Å². The summed E-state index contributed by atoms with van der Waals surface area (Å²) < 4.78 is 29.8. The minimum Gasteiger partial charge on any atom is -0.497 e. The molecule has 1 N–H and O–H groups in total. The van der Waals surface area contributed by atoms with Crippen LogP contribution in [0.15, 0.2) is 71.8 Å². The monoisotopic (exact) mass is 532 g/mol. The fourth-order valence-corrected chi connectivity index (χ4v) is 3.67. The lowest BCUT2D eigenvalue weighted by Crippen LogP contribution is -2.22. The lowest BCUT2D eigenvalue weighted by atomic mass is 10.0. The molecular weight excluding hydrogens is 509 g/mol. The van der Waals surface area contributed by atoms with E-state index in [1.165, 1.54) is 19.1 Å². The van der Waals surface area contributed by atoms with Crippen LogP contribution in [0, 0.1) is 18.6 Å². The zero-order chi connectivity index (χ0) is 26.2. The van der Waals surface area contributed by atoms with Crippen LogP contribution in [-0.2, 0) is 4.79 Å². The average molecular weight is 533 g/mol. The van der Waals surface area contributed by atoms with Crippen molar-refractivity contribution in [3.8, 4) is 5.75 Å². The van der Waals surface area contributed by atoms with Gasteiger partial charge in [-0.1, -0.05) is 47.5 Å². The minimum absolute atomic E-state index is 0.0469. The molecule has 0 bridgehead atoms. The van der Waals surface area contributed by atoms with Crippen LogP contribution in [0.25, 0.3) is 5.70 Å². The molecule has 36 heavy (non-hydrogen) atoms. The van der Waals surface area contributed by atoms with Crippen molar-refractivity contribution >= 4 is 46.3 Å². The van der Waals surface area contributed by atoms with Gasteiger partial charge in [-0.15, -0.1) is 0 Å². The van der Waals surface area contributed by atoms with Gasteiger partial charge in [-0.25, -0.2) is 13.8 Å². The van der Waals surface area contributed by atoms with Gasteiger partial charge in [0, 0.05) is 17.7 Å². The molecule has 0 saturated heterocycles. The number of carboxylic acid groups (broad SMARTS) is 1. The molecule has 0 saturated carbocycles. The van der Waals surface area contributed by atoms with Gasteiger partial charge in [0.05, 0.1) is 35.0 Å². The molecule has 5 nitrogen and oxygen atoms in total. The van der Waals surface area contributed by atoms with Gasteiger partial charge < -0.3 is 9.84 Å². The number of nitrogens with zero attached hydrogens (tertiary/aromatic N) is 2. The maximum atomic E-state index is 12.4. The maximum Gasteiger partial charge on any atom is 0.303 e. The highest BCUT2D eigenvalue weighted by atomic mass is 35.5. The second-order valence-corrected chi connectivity index (χ2v) is 8.68. The summed E-state index contributed by atoms with van der Waals surface area (Å²) in [7, 11) is 1.61. The third-order valence-corrected chi connectivity index (χ3v) is 6.04. The van der Waals surface area contributed by atoms with E-state index in [0.29, 0.717) is 28.5 Å². The van der Waals surface area contributed by atoms with Crippen molar-refractivity contribution in [3.05, 3.63) is 99.5 Å². The van der Waals surface area contributed by atoms with Crippen molar-refractivity contribution in [2.45, 2.75) is 26.2 Å². The molecule has 0 spiro atoms. The van der Waals surface area contributed by atoms with E-state index in [2.05, 4.69) is 0 Å². The number of benzene rings is 3. The molecular formula is C27H24Cl2F2N2O3. The smallest absolute Gasteiger partial charge is 0.303 e. The Morgan fingerprint density at radius 3 is 2.39 bits per heavy atom. The number of aryl methyl sites for hydroxylation is 1. The Labute approximate surface area is 218 Å². The second-order valence-electron chi connectivity index (χ2n) is 7.86. The fraction of sp³-hybridized carbons (Fsp3) is 0.185. The Morgan fingerprint density at radius 1 is 1.08 bits per heavy atom. The number of hydrazone groups is 1. The third kappa shape index (κ3) is 7.06. The molecule has 0 unspecified atom stereocenters. The number of anilines is 1. The normalized spacial score (nSPS) is 12.8. The molecule has 1 heterocycles. The summed E-state index contributed by atoms with van der Waals surface area (Å²) in [5.74, 6) is -1.63. The van der Waals surface area contributed by atoms with Crippen LogP contribution in [-0.4, -0.2) is 23.9 Å². The minimum atomic E-state index is -0.840. The summed E-state index contributed by atoms with van der Waals surface area (Å²) in [6, 6.07) is 17.0. The van der Waals surface area contributed by atoms with E-state index in [1.54, 1.807) is 24.3 Å². The molecule has 0 atom stereocenters. The van der Waals surface area contributed by atoms with Crippen LogP contribution < -0.4 is 9.75 Å². The van der Waals surface area contributed by atoms with Crippen molar-refractivity contribution in [2.75, 3.05) is 12.1 Å². The van der Waals surface area contributed by atoms with Crippen LogP contribution in [0.2, 0.25) is 10.0 Å². The molecule has 4 rings (SSSR count). The van der Waals surface area contributed by atoms with Gasteiger partial charge in [-0.2, -0.15) is 5.10 Å². The number of ether oxygens (including phenoxy) is 1. The van der Waals surface area contributed by atoms with Crippen molar-refractivity contribution in [1.82, 2.24) is 0 Å². The molecule has 0 radical (unpaired) electrons. The van der Waals surface area contributed by atoms with Crippen molar-refractivity contribution in [2.24, 2.45) is 5.10 Å². The molecule has 9 heteroatoms. The average Bonchev–Trinajstić information content (AvgIpc) is 2.88. The maximum absolute atomic E-state index is 12.4. The van der Waals surface area contributed by atoms with E-state index < -0.39 is 17.6 Å². The first kappa shape index (κ1) is 27.2. The van der Waals surface area contributed by atoms with Crippen molar-refractivity contribution < 1.29 is 23.4 Å².